The fraction of sp³-hybridized carbons (Fsp3) is 0.342. The molecule has 4 aromatic rings. The van der Waals surface area contributed by atoms with Crippen molar-refractivity contribution in [1.82, 2.24) is 15.5 Å². The molecular formula is C38H43F2N3O4S. The number of nitrogens with zero attached hydrogens (tertiary/aromatic N) is 1. The Morgan fingerprint density at radius 1 is 0.875 bits per heavy atom. The molecule has 3 aromatic carbocycles. The molecule has 0 fully saturated rings. The van der Waals surface area contributed by atoms with Gasteiger partial charge in [-0.1, -0.05) is 32.0 Å². The smallest absolute Gasteiger partial charge is 0.253 e. The van der Waals surface area contributed by atoms with Gasteiger partial charge in [0.1, 0.15) is 11.6 Å². The van der Waals surface area contributed by atoms with Gasteiger partial charge in [0, 0.05) is 48.2 Å². The van der Waals surface area contributed by atoms with Crippen molar-refractivity contribution in [3.05, 3.63) is 117 Å². The number of aliphatic hydroxyl groups excluding tert-OH is 1. The Bertz CT molecular complexity index is 1710. The van der Waals surface area contributed by atoms with Crippen LogP contribution in [0.3, 0.4) is 0 Å². The first-order valence-corrected chi connectivity index (χ1v) is 17.0. The minimum absolute atomic E-state index is 0.0163. The average Bonchev–Trinajstić information content (AvgIpc) is 3.54. The van der Waals surface area contributed by atoms with Crippen LogP contribution in [0.5, 0.6) is 0 Å². The summed E-state index contributed by atoms with van der Waals surface area (Å²) < 4.78 is 28.2. The Labute approximate surface area is 285 Å². The number of Topliss-reactive ketones (excluding diaryl/α,β-unsaturated/α-hetero) is 1. The minimum Gasteiger partial charge on any atom is -0.390 e. The molecule has 0 unspecified atom stereocenters. The molecule has 0 saturated carbocycles. The van der Waals surface area contributed by atoms with Gasteiger partial charge in [-0.15, -0.1) is 11.3 Å². The van der Waals surface area contributed by atoms with E-state index in [0.717, 1.165) is 40.5 Å². The second-order valence-corrected chi connectivity index (χ2v) is 13.1. The quantitative estimate of drug-likeness (QED) is 0.112. The number of ketones is 1. The monoisotopic (exact) mass is 675 g/mol. The molecule has 254 valence electrons. The molecule has 2 amide bonds. The minimum atomic E-state index is -1.13. The molecule has 7 nitrogen and oxygen atoms in total. The van der Waals surface area contributed by atoms with E-state index in [1.54, 1.807) is 30.0 Å². The summed E-state index contributed by atoms with van der Waals surface area (Å²) in [5.41, 5.74) is 3.57. The Kier molecular flexibility index (Phi) is 13.1. The topological polar surface area (TPSA) is 98.7 Å². The van der Waals surface area contributed by atoms with Crippen molar-refractivity contribution in [2.45, 2.75) is 65.6 Å². The molecule has 0 aliphatic rings. The zero-order chi connectivity index (χ0) is 34.8. The summed E-state index contributed by atoms with van der Waals surface area (Å²) in [6.45, 7) is 9.03. The van der Waals surface area contributed by atoms with Crippen molar-refractivity contribution < 1.29 is 28.3 Å². The third-order valence-electron chi connectivity index (χ3n) is 7.87. The molecule has 10 heteroatoms. The zero-order valence-electron chi connectivity index (χ0n) is 27.8. The van der Waals surface area contributed by atoms with Crippen molar-refractivity contribution in [1.29, 1.82) is 0 Å². The number of rotatable bonds is 16. The van der Waals surface area contributed by atoms with E-state index in [4.69, 9.17) is 0 Å². The molecule has 0 saturated heterocycles. The van der Waals surface area contributed by atoms with Crippen LogP contribution in [-0.4, -0.2) is 59.4 Å². The summed E-state index contributed by atoms with van der Waals surface area (Å²) in [6, 6.07) is 18.7. The molecule has 2 atom stereocenters. The predicted molar refractivity (Wildman–Crippen MR) is 186 cm³/mol. The number of aryl methyl sites for hydroxylation is 1. The molecule has 48 heavy (non-hydrogen) atoms. The summed E-state index contributed by atoms with van der Waals surface area (Å²) in [5, 5.41) is 17.4. The van der Waals surface area contributed by atoms with Crippen LogP contribution in [0.1, 0.15) is 80.7 Å². The first-order valence-electron chi connectivity index (χ1n) is 16.2. The fourth-order valence-corrected chi connectivity index (χ4v) is 6.51. The summed E-state index contributed by atoms with van der Waals surface area (Å²) in [7, 11) is 0. The Hall–Kier alpha value is -4.25. The van der Waals surface area contributed by atoms with E-state index in [2.05, 4.69) is 10.6 Å². The van der Waals surface area contributed by atoms with E-state index in [-0.39, 0.29) is 35.8 Å². The van der Waals surface area contributed by atoms with Crippen LogP contribution >= 0.6 is 11.3 Å². The lowest BCUT2D eigenvalue weighted by atomic mass is 9.99. The first-order chi connectivity index (χ1) is 23.0. The van der Waals surface area contributed by atoms with Crippen LogP contribution in [0.25, 0.3) is 10.4 Å². The van der Waals surface area contributed by atoms with Gasteiger partial charge in [-0.05, 0) is 104 Å². The summed E-state index contributed by atoms with van der Waals surface area (Å²) >= 11 is 1.43. The van der Waals surface area contributed by atoms with Gasteiger partial charge in [0.05, 0.1) is 17.0 Å². The van der Waals surface area contributed by atoms with Crippen molar-refractivity contribution in [3.8, 4) is 10.4 Å². The highest BCUT2D eigenvalue weighted by molar-refractivity contribution is 7.17. The van der Waals surface area contributed by atoms with E-state index in [1.807, 2.05) is 50.2 Å². The third kappa shape index (κ3) is 10.1. The van der Waals surface area contributed by atoms with Crippen molar-refractivity contribution >= 4 is 28.9 Å². The number of halogens is 2. The van der Waals surface area contributed by atoms with Crippen LogP contribution in [0.15, 0.2) is 72.8 Å². The molecule has 0 spiro atoms. The maximum atomic E-state index is 14.1. The van der Waals surface area contributed by atoms with E-state index in [0.29, 0.717) is 30.1 Å². The van der Waals surface area contributed by atoms with Gasteiger partial charge in [0.2, 0.25) is 0 Å². The Morgan fingerprint density at radius 2 is 1.56 bits per heavy atom. The molecule has 4 rings (SSSR count). The summed E-state index contributed by atoms with van der Waals surface area (Å²) in [5.74, 6) is -2.17. The highest BCUT2D eigenvalue weighted by Crippen LogP contribution is 2.29. The first kappa shape index (κ1) is 36.6. The standard InChI is InChI=1S/C38H43F2N3O4S/c1-5-12-43(13-6-2)38(47)30-15-24(3)14-29(20-30)37(46)42-33(19-27-17-31(39)21-32(40)18-27)34(45)23-41-22-26-8-7-9-28(16-26)36-11-10-35(48-36)25(4)44/h7-11,14-18,20-21,33-34,41,45H,5-6,12-13,19,22-23H2,1-4H3,(H,42,46)/t33-,34+/m0/s1. The number of amides is 2. The van der Waals surface area contributed by atoms with Crippen LogP contribution < -0.4 is 10.6 Å². The predicted octanol–water partition coefficient (Wildman–Crippen LogP) is 6.96. The van der Waals surface area contributed by atoms with Gasteiger partial charge in [-0.2, -0.15) is 0 Å². The second-order valence-electron chi connectivity index (χ2n) is 12.1. The lowest BCUT2D eigenvalue weighted by Crippen LogP contribution is -2.48. The number of benzene rings is 3. The lowest BCUT2D eigenvalue weighted by Gasteiger charge is -2.25. The number of hydrogen-bond donors (Lipinski definition) is 3. The van der Waals surface area contributed by atoms with Gasteiger partial charge < -0.3 is 20.6 Å². The molecule has 0 aliphatic heterocycles. The summed E-state index contributed by atoms with van der Waals surface area (Å²) in [6.07, 6.45) is 0.450. The van der Waals surface area contributed by atoms with Gasteiger partial charge in [-0.25, -0.2) is 8.78 Å². The van der Waals surface area contributed by atoms with Crippen LogP contribution in [0.4, 0.5) is 8.78 Å². The number of carbonyl (C=O) groups is 3. The maximum absolute atomic E-state index is 14.1. The van der Waals surface area contributed by atoms with E-state index < -0.39 is 29.7 Å². The van der Waals surface area contributed by atoms with E-state index >= 15 is 0 Å². The number of hydrogen-bond acceptors (Lipinski definition) is 6. The lowest BCUT2D eigenvalue weighted by molar-refractivity contribution is 0.0755. The van der Waals surface area contributed by atoms with Gasteiger partial charge in [0.15, 0.2) is 5.78 Å². The third-order valence-corrected chi connectivity index (χ3v) is 9.10. The average molecular weight is 676 g/mol. The van der Waals surface area contributed by atoms with Crippen LogP contribution in [0, 0.1) is 18.6 Å². The SMILES string of the molecule is CCCN(CCC)C(=O)c1cc(C)cc(C(=O)N[C@@H](Cc2cc(F)cc(F)c2)[C@H](O)CNCc2cccc(-c3ccc(C(C)=O)s3)c2)c1. The normalized spacial score (nSPS) is 12.4. The van der Waals surface area contributed by atoms with Crippen LogP contribution in [-0.2, 0) is 13.0 Å². The number of aliphatic hydroxyl groups is 1. The molecule has 0 aliphatic carbocycles. The molecular weight excluding hydrogens is 632 g/mol. The fourth-order valence-electron chi connectivity index (χ4n) is 5.62. The highest BCUT2D eigenvalue weighted by Gasteiger charge is 2.24. The largest absolute Gasteiger partial charge is 0.390 e. The molecule has 0 radical (unpaired) electrons. The van der Waals surface area contributed by atoms with Crippen molar-refractivity contribution in [2.24, 2.45) is 0 Å². The summed E-state index contributed by atoms with van der Waals surface area (Å²) in [4.78, 5) is 42.1. The van der Waals surface area contributed by atoms with E-state index in [1.165, 1.54) is 30.4 Å². The van der Waals surface area contributed by atoms with Gasteiger partial charge >= 0.3 is 0 Å². The second kappa shape index (κ2) is 17.2. The van der Waals surface area contributed by atoms with Crippen molar-refractivity contribution in [3.63, 3.8) is 0 Å². The van der Waals surface area contributed by atoms with Crippen LogP contribution in [0.2, 0.25) is 0 Å². The maximum Gasteiger partial charge on any atom is 0.253 e. The molecule has 1 heterocycles. The Balaban J connectivity index is 1.50. The number of carbonyl (C=O) groups excluding carboxylic acids is 3. The van der Waals surface area contributed by atoms with Crippen molar-refractivity contribution in [2.75, 3.05) is 19.6 Å². The van der Waals surface area contributed by atoms with Gasteiger partial charge in [0.25, 0.3) is 11.8 Å². The zero-order valence-corrected chi connectivity index (χ0v) is 28.6. The molecule has 3 N–H and O–H groups in total. The number of nitrogens with one attached hydrogen (secondary N) is 2. The molecule has 0 bridgehead atoms. The molecule has 1 aromatic heterocycles. The Morgan fingerprint density at radius 3 is 2.21 bits per heavy atom. The number of thiophene rings is 1. The van der Waals surface area contributed by atoms with Gasteiger partial charge in [-0.3, -0.25) is 14.4 Å². The highest BCUT2D eigenvalue weighted by atomic mass is 32.1. The van der Waals surface area contributed by atoms with E-state index in [9.17, 15) is 28.3 Å².